The summed E-state index contributed by atoms with van der Waals surface area (Å²) >= 11 is 0. The summed E-state index contributed by atoms with van der Waals surface area (Å²) in [6.07, 6.45) is 6.51. The lowest BCUT2D eigenvalue weighted by Gasteiger charge is -2.46. The summed E-state index contributed by atoms with van der Waals surface area (Å²) in [5, 5.41) is 29.7. The minimum atomic E-state index is -0.840. The van der Waals surface area contributed by atoms with E-state index in [0.29, 0.717) is 30.7 Å². The Kier molecular flexibility index (Phi) is 14.6. The molecule has 0 bridgehead atoms. The summed E-state index contributed by atoms with van der Waals surface area (Å²) in [7, 11) is 5.85. The maximum atomic E-state index is 14.1. The molecule has 0 radical (unpaired) electrons. The molecule has 3 aliphatic carbocycles. The molecule has 12 heteroatoms. The number of aliphatic hydroxyl groups excluding tert-OH is 2. The van der Waals surface area contributed by atoms with E-state index in [1.807, 2.05) is 14.1 Å². The number of aliphatic hydroxyl groups is 2. The van der Waals surface area contributed by atoms with E-state index in [1.165, 1.54) is 6.42 Å². The Bertz CT molecular complexity index is 1120. The molecule has 2 amide bonds. The molecule has 5 aliphatic rings. The van der Waals surface area contributed by atoms with Gasteiger partial charge in [0.05, 0.1) is 36.9 Å². The second-order valence-electron chi connectivity index (χ2n) is 17.5. The number of amides is 2. The van der Waals surface area contributed by atoms with E-state index in [2.05, 4.69) is 43.2 Å². The van der Waals surface area contributed by atoms with Gasteiger partial charge in [-0.1, -0.05) is 47.0 Å². The molecule has 5 fully saturated rings. The molecule has 15 atom stereocenters. The van der Waals surface area contributed by atoms with Crippen molar-refractivity contribution in [1.29, 1.82) is 0 Å². The quantitative estimate of drug-likeness (QED) is 0.211. The van der Waals surface area contributed by atoms with Crippen molar-refractivity contribution in [2.45, 2.75) is 141 Å². The highest BCUT2D eigenvalue weighted by Gasteiger charge is 2.53. The number of hydrogen-bond acceptors (Lipinski definition) is 10. The molecule has 3 saturated carbocycles. The highest BCUT2D eigenvalue weighted by atomic mass is 16.7. The van der Waals surface area contributed by atoms with Gasteiger partial charge in [0.25, 0.3) is 0 Å². The van der Waals surface area contributed by atoms with Crippen molar-refractivity contribution in [1.82, 2.24) is 20.6 Å². The van der Waals surface area contributed by atoms with Crippen LogP contribution in [0.2, 0.25) is 0 Å². The molecule has 294 valence electrons. The Balaban J connectivity index is 1.32. The van der Waals surface area contributed by atoms with Crippen LogP contribution in [0.1, 0.15) is 92.4 Å². The number of hydroxylamine groups is 2. The Labute approximate surface area is 307 Å². The van der Waals surface area contributed by atoms with Gasteiger partial charge in [0.15, 0.2) is 0 Å². The molecule has 12 nitrogen and oxygen atoms in total. The molecule has 5 rings (SSSR count). The topological polar surface area (TPSA) is 142 Å². The van der Waals surface area contributed by atoms with E-state index in [9.17, 15) is 19.8 Å². The van der Waals surface area contributed by atoms with E-state index in [4.69, 9.17) is 19.0 Å². The highest BCUT2D eigenvalue weighted by Crippen LogP contribution is 2.47. The average molecular weight is 723 g/mol. The number of likely N-dealkylation sites (N-methyl/N-ethyl adjacent to an activating group) is 1. The molecule has 2 saturated heterocycles. The molecular weight excluding hydrogens is 652 g/mol. The van der Waals surface area contributed by atoms with Gasteiger partial charge < -0.3 is 40.0 Å². The molecule has 0 spiro atoms. The lowest BCUT2D eigenvalue weighted by atomic mass is 9.65. The fourth-order valence-electron chi connectivity index (χ4n) is 10.5. The van der Waals surface area contributed by atoms with Crippen molar-refractivity contribution in [2.24, 2.45) is 47.3 Å². The number of fused-ring (bicyclic) bond motifs is 1. The van der Waals surface area contributed by atoms with E-state index in [0.717, 1.165) is 51.5 Å². The number of methoxy groups -OCH3 is 1. The first kappa shape index (κ1) is 40.8. The third kappa shape index (κ3) is 9.65. The number of hydrogen-bond donors (Lipinski definition) is 4. The van der Waals surface area contributed by atoms with E-state index in [-0.39, 0.29) is 79.3 Å². The Hall–Kier alpha value is -1.38. The van der Waals surface area contributed by atoms with Crippen LogP contribution in [-0.4, -0.2) is 128 Å². The Morgan fingerprint density at radius 3 is 2.43 bits per heavy atom. The maximum absolute atomic E-state index is 14.1. The normalized spacial score (nSPS) is 40.3. The van der Waals surface area contributed by atoms with Crippen LogP contribution in [0.4, 0.5) is 0 Å². The monoisotopic (exact) mass is 723 g/mol. The van der Waals surface area contributed by atoms with Gasteiger partial charge in [0.2, 0.25) is 11.8 Å². The van der Waals surface area contributed by atoms with Crippen LogP contribution in [0, 0.1) is 47.3 Å². The number of nitrogens with one attached hydrogen (secondary N) is 2. The van der Waals surface area contributed by atoms with Crippen molar-refractivity contribution in [3.63, 3.8) is 0 Å². The Morgan fingerprint density at radius 2 is 1.76 bits per heavy atom. The largest absolute Gasteiger partial charge is 0.394 e. The standard InChI is InChI=1S/C39H70N4O8/c1-22(2)15-28(19-42(6)7)40-38(46)30-16-27(17-32-37(30)50-21-49-32)29-13-10-12-26(36(29)48-8)18-43-35(34(25(5)45)33(20-44)51-43)39(47)41-31-14-9-11-23(3)24(31)4/h22-37,44-45H,9-21H2,1-8H3,(H,40,46)(H,41,47)/t23-,24-,25-,26?,27?,28-,29?,30?,31-,32?,33-,34+,35-,36?,37?/m0/s1. The zero-order chi connectivity index (χ0) is 37.0. The van der Waals surface area contributed by atoms with Crippen LogP contribution >= 0.6 is 0 Å². The fourth-order valence-corrected chi connectivity index (χ4v) is 10.5. The number of nitrogens with zero attached hydrogens (tertiary/aromatic N) is 2. The zero-order valence-electron chi connectivity index (χ0n) is 32.7. The summed E-state index contributed by atoms with van der Waals surface area (Å²) in [4.78, 5) is 36.6. The van der Waals surface area contributed by atoms with Crippen molar-refractivity contribution in [3.05, 3.63) is 0 Å². The first-order chi connectivity index (χ1) is 24.3. The van der Waals surface area contributed by atoms with Gasteiger partial charge in [-0.2, -0.15) is 5.06 Å². The van der Waals surface area contributed by atoms with Crippen molar-refractivity contribution in [3.8, 4) is 0 Å². The number of rotatable bonds is 14. The molecule has 2 heterocycles. The predicted molar refractivity (Wildman–Crippen MR) is 194 cm³/mol. The summed E-state index contributed by atoms with van der Waals surface area (Å²) in [5.41, 5.74) is 0. The third-order valence-electron chi connectivity index (χ3n) is 13.1. The van der Waals surface area contributed by atoms with Crippen molar-refractivity contribution < 1.29 is 38.9 Å². The van der Waals surface area contributed by atoms with Crippen LogP contribution < -0.4 is 10.6 Å². The third-order valence-corrected chi connectivity index (χ3v) is 13.1. The molecule has 7 unspecified atom stereocenters. The number of ether oxygens (including phenoxy) is 3. The van der Waals surface area contributed by atoms with Crippen LogP contribution in [0.5, 0.6) is 0 Å². The van der Waals surface area contributed by atoms with Crippen LogP contribution in [0.15, 0.2) is 0 Å². The lowest BCUT2D eigenvalue weighted by molar-refractivity contribution is -0.193. The highest BCUT2D eigenvalue weighted by molar-refractivity contribution is 5.83. The number of carbonyl (C=O) groups is 2. The lowest BCUT2D eigenvalue weighted by Crippen LogP contribution is -2.56. The molecule has 0 aromatic rings. The summed E-state index contributed by atoms with van der Waals surface area (Å²) in [6.45, 7) is 11.7. The van der Waals surface area contributed by atoms with Gasteiger partial charge in [0.1, 0.15) is 18.9 Å². The van der Waals surface area contributed by atoms with Gasteiger partial charge in [-0.25, -0.2) is 0 Å². The van der Waals surface area contributed by atoms with E-state index in [1.54, 1.807) is 19.1 Å². The first-order valence-electron chi connectivity index (χ1n) is 20.1. The minimum absolute atomic E-state index is 0.0502. The molecule has 4 N–H and O–H groups in total. The zero-order valence-corrected chi connectivity index (χ0v) is 32.7. The van der Waals surface area contributed by atoms with Crippen LogP contribution in [-0.2, 0) is 28.6 Å². The van der Waals surface area contributed by atoms with Crippen molar-refractivity contribution >= 4 is 11.8 Å². The summed E-state index contributed by atoms with van der Waals surface area (Å²) in [5.74, 6) is 0.860. The van der Waals surface area contributed by atoms with Crippen LogP contribution in [0.25, 0.3) is 0 Å². The number of carbonyl (C=O) groups excluding carboxylic acids is 2. The fraction of sp³-hybridized carbons (Fsp3) is 0.949. The second kappa shape index (κ2) is 18.3. The smallest absolute Gasteiger partial charge is 0.240 e. The first-order valence-corrected chi connectivity index (χ1v) is 20.1. The predicted octanol–water partition coefficient (Wildman–Crippen LogP) is 3.19. The molecule has 0 aromatic heterocycles. The summed E-state index contributed by atoms with van der Waals surface area (Å²) < 4.78 is 18.5. The van der Waals surface area contributed by atoms with Gasteiger partial charge in [-0.05, 0) is 89.1 Å². The van der Waals surface area contributed by atoms with Crippen LogP contribution in [0.3, 0.4) is 0 Å². The average Bonchev–Trinajstić information content (AvgIpc) is 3.70. The van der Waals surface area contributed by atoms with E-state index < -0.39 is 24.2 Å². The SMILES string of the molecule is COC1C(CN2O[C@@H](CO)[C@@H]([C@H](C)O)[C@H]2C(=O)N[C@H]2CCC[C@H](C)[C@@H]2C)CCCC1C1CC2OCOC2C(C(=O)N[C@@H](CC(C)C)CN(C)C)C1. The summed E-state index contributed by atoms with van der Waals surface area (Å²) in [6, 6.07) is -0.594. The van der Waals surface area contributed by atoms with E-state index >= 15 is 0 Å². The maximum Gasteiger partial charge on any atom is 0.240 e. The van der Waals surface area contributed by atoms with Gasteiger partial charge in [-0.3, -0.25) is 14.4 Å². The van der Waals surface area contributed by atoms with Gasteiger partial charge >= 0.3 is 0 Å². The molecule has 2 aliphatic heterocycles. The Morgan fingerprint density at radius 1 is 1.02 bits per heavy atom. The van der Waals surface area contributed by atoms with Crippen molar-refractivity contribution in [2.75, 3.05) is 47.7 Å². The molecule has 0 aromatic carbocycles. The van der Waals surface area contributed by atoms with Gasteiger partial charge in [0, 0.05) is 44.1 Å². The minimum Gasteiger partial charge on any atom is -0.394 e. The second-order valence-corrected chi connectivity index (χ2v) is 17.5. The molecule has 51 heavy (non-hydrogen) atoms. The van der Waals surface area contributed by atoms with Gasteiger partial charge in [-0.15, -0.1) is 0 Å². The molecular formula is C39H70N4O8.